The Balaban J connectivity index is 1.01. The van der Waals surface area contributed by atoms with Crippen molar-refractivity contribution in [2.24, 2.45) is 34.5 Å². The molecule has 0 aromatic carbocycles. The maximum Gasteiger partial charge on any atom is 0.138 e. The van der Waals surface area contributed by atoms with Crippen LogP contribution in [0.1, 0.15) is 91.9 Å². The maximum atomic E-state index is 12.3. The van der Waals surface area contributed by atoms with E-state index in [9.17, 15) is 4.79 Å². The third kappa shape index (κ3) is 3.81. The Kier molecular flexibility index (Phi) is 5.62. The van der Waals surface area contributed by atoms with Gasteiger partial charge in [0.15, 0.2) is 0 Å². The van der Waals surface area contributed by atoms with E-state index < -0.39 is 0 Å². The lowest BCUT2D eigenvalue weighted by Crippen LogP contribution is -2.66. The molecule has 5 aliphatic rings. The summed E-state index contributed by atoms with van der Waals surface area (Å²) in [5, 5.41) is 0. The molecular formula is C27H46N2O. The summed E-state index contributed by atoms with van der Waals surface area (Å²) >= 11 is 0. The molecule has 0 bridgehead atoms. The van der Waals surface area contributed by atoms with E-state index in [-0.39, 0.29) is 5.92 Å². The first kappa shape index (κ1) is 21.4. The highest BCUT2D eigenvalue weighted by molar-refractivity contribution is 5.82. The van der Waals surface area contributed by atoms with Gasteiger partial charge in [-0.05, 0) is 100.0 Å². The molecule has 0 aromatic heterocycles. The summed E-state index contributed by atoms with van der Waals surface area (Å²) in [6, 6.07) is 1.72. The molecule has 2 aliphatic heterocycles. The zero-order valence-corrected chi connectivity index (χ0v) is 20.2. The minimum absolute atomic E-state index is 0.224. The zero-order chi connectivity index (χ0) is 21.1. The molecule has 0 aromatic rings. The third-order valence-electron chi connectivity index (χ3n) is 10.3. The van der Waals surface area contributed by atoms with E-state index in [0.717, 1.165) is 29.3 Å². The number of ketones is 1. The van der Waals surface area contributed by atoms with Crippen LogP contribution < -0.4 is 0 Å². The second-order valence-electron chi connectivity index (χ2n) is 13.0. The van der Waals surface area contributed by atoms with Crippen LogP contribution >= 0.6 is 0 Å². The van der Waals surface area contributed by atoms with Gasteiger partial charge in [-0.3, -0.25) is 9.69 Å². The second kappa shape index (κ2) is 7.87. The van der Waals surface area contributed by atoms with Crippen molar-refractivity contribution in [2.45, 2.75) is 104 Å². The molecule has 0 N–H and O–H groups in total. The van der Waals surface area contributed by atoms with Gasteiger partial charge in [0.1, 0.15) is 5.78 Å². The molecule has 2 spiro atoms. The summed E-state index contributed by atoms with van der Waals surface area (Å²) in [6.07, 6.45) is 13.6. The molecule has 3 saturated carbocycles. The van der Waals surface area contributed by atoms with E-state index in [0.29, 0.717) is 17.1 Å². The molecule has 3 heteroatoms. The van der Waals surface area contributed by atoms with Crippen LogP contribution in [0.25, 0.3) is 0 Å². The molecule has 0 amide bonds. The molecule has 0 atom stereocenters. The molecule has 3 aliphatic carbocycles. The van der Waals surface area contributed by atoms with Gasteiger partial charge in [-0.25, -0.2) is 0 Å². The fraction of sp³-hybridized carbons (Fsp3) is 0.963. The Hall–Kier alpha value is -0.410. The van der Waals surface area contributed by atoms with Gasteiger partial charge in [-0.15, -0.1) is 0 Å². The predicted octanol–water partition coefficient (Wildman–Crippen LogP) is 5.38. The molecule has 0 radical (unpaired) electrons. The van der Waals surface area contributed by atoms with E-state index >= 15 is 0 Å². The van der Waals surface area contributed by atoms with Crippen molar-refractivity contribution in [3.8, 4) is 0 Å². The fourth-order valence-electron chi connectivity index (χ4n) is 8.06. The van der Waals surface area contributed by atoms with E-state index in [2.05, 4.69) is 37.5 Å². The van der Waals surface area contributed by atoms with Gasteiger partial charge in [0.05, 0.1) is 0 Å². The van der Waals surface area contributed by atoms with Gasteiger partial charge in [0, 0.05) is 37.0 Å². The molecular weight excluding hydrogens is 368 g/mol. The molecule has 30 heavy (non-hydrogen) atoms. The lowest BCUT2D eigenvalue weighted by atomic mass is 9.54. The van der Waals surface area contributed by atoms with Crippen LogP contribution in [0.3, 0.4) is 0 Å². The SMILES string of the molecule is CC(C)C(=O)[C@H]1CCC2(CC1)C[C@H](N1CCC(N3CC4(CC(C(C)C)C4)C3)CC1)C2. The lowest BCUT2D eigenvalue weighted by molar-refractivity contribution is -0.135. The van der Waals surface area contributed by atoms with E-state index in [4.69, 9.17) is 0 Å². The Morgan fingerprint density at radius 2 is 1.37 bits per heavy atom. The van der Waals surface area contributed by atoms with Gasteiger partial charge in [0.25, 0.3) is 0 Å². The highest BCUT2D eigenvalue weighted by Gasteiger charge is 2.54. The number of hydrogen-bond acceptors (Lipinski definition) is 3. The van der Waals surface area contributed by atoms with E-state index in [1.54, 1.807) is 0 Å². The Morgan fingerprint density at radius 3 is 1.90 bits per heavy atom. The third-order valence-corrected chi connectivity index (χ3v) is 10.3. The van der Waals surface area contributed by atoms with Gasteiger partial charge >= 0.3 is 0 Å². The van der Waals surface area contributed by atoms with E-state index in [1.807, 2.05) is 0 Å². The monoisotopic (exact) mass is 414 g/mol. The van der Waals surface area contributed by atoms with Gasteiger partial charge < -0.3 is 4.90 Å². The average molecular weight is 415 g/mol. The van der Waals surface area contributed by atoms with Crippen LogP contribution in [0.5, 0.6) is 0 Å². The summed E-state index contributed by atoms with van der Waals surface area (Å²) in [5.74, 6) is 3.03. The molecule has 0 unspecified atom stereocenters. The molecule has 5 rings (SSSR count). The first-order chi connectivity index (χ1) is 14.3. The van der Waals surface area contributed by atoms with Crippen LogP contribution in [0.4, 0.5) is 0 Å². The van der Waals surface area contributed by atoms with Crippen molar-refractivity contribution in [1.82, 2.24) is 9.80 Å². The first-order valence-electron chi connectivity index (χ1n) is 13.3. The summed E-state index contributed by atoms with van der Waals surface area (Å²) < 4.78 is 0. The fourth-order valence-corrected chi connectivity index (χ4v) is 8.06. The van der Waals surface area contributed by atoms with Gasteiger partial charge in [-0.2, -0.15) is 0 Å². The lowest BCUT2D eigenvalue weighted by Gasteiger charge is -2.63. The standard InChI is InChI=1S/C27H46N2O/c1-19(2)22-13-27(14-22)17-29(18-27)23-7-11-28(12-8-23)24-15-26(16-24)9-5-21(6-10-26)25(30)20(3)4/h19-24H,5-18H2,1-4H3/t21-,24-,26?. The van der Waals surface area contributed by atoms with Crippen LogP contribution in [-0.2, 0) is 4.79 Å². The highest BCUT2D eigenvalue weighted by Crippen LogP contribution is 2.56. The summed E-state index contributed by atoms with van der Waals surface area (Å²) in [5.41, 5.74) is 1.35. The minimum atomic E-state index is 0.224. The zero-order valence-electron chi connectivity index (χ0n) is 20.2. The van der Waals surface area contributed by atoms with Crippen molar-refractivity contribution < 1.29 is 4.79 Å². The number of hydrogen-bond donors (Lipinski definition) is 0. The average Bonchev–Trinajstić information content (AvgIpc) is 2.63. The quantitative estimate of drug-likeness (QED) is 0.603. The number of rotatable bonds is 5. The number of carbonyl (C=O) groups excluding carboxylic acids is 1. The van der Waals surface area contributed by atoms with Crippen molar-refractivity contribution in [3.63, 3.8) is 0 Å². The van der Waals surface area contributed by atoms with Crippen molar-refractivity contribution >= 4 is 5.78 Å². The Bertz CT molecular complexity index is 617. The maximum absolute atomic E-state index is 12.3. The first-order valence-corrected chi connectivity index (χ1v) is 13.3. The molecule has 2 heterocycles. The van der Waals surface area contributed by atoms with Gasteiger partial charge in [0.2, 0.25) is 0 Å². The van der Waals surface area contributed by atoms with Crippen LogP contribution in [0, 0.1) is 34.5 Å². The highest BCUT2D eigenvalue weighted by atomic mass is 16.1. The van der Waals surface area contributed by atoms with Crippen molar-refractivity contribution in [1.29, 1.82) is 0 Å². The van der Waals surface area contributed by atoms with Crippen molar-refractivity contribution in [3.05, 3.63) is 0 Å². The summed E-state index contributed by atoms with van der Waals surface area (Å²) in [7, 11) is 0. The summed E-state index contributed by atoms with van der Waals surface area (Å²) in [6.45, 7) is 14.4. The Morgan fingerprint density at radius 1 is 0.767 bits per heavy atom. The number of carbonyl (C=O) groups is 1. The molecule has 170 valence electrons. The number of nitrogens with zero attached hydrogens (tertiary/aromatic N) is 2. The van der Waals surface area contributed by atoms with Gasteiger partial charge in [-0.1, -0.05) is 27.7 Å². The van der Waals surface area contributed by atoms with E-state index in [1.165, 1.54) is 90.4 Å². The normalized spacial score (nSPS) is 38.1. The number of likely N-dealkylation sites (tertiary alicyclic amines) is 2. The molecule has 5 fully saturated rings. The molecule has 2 saturated heterocycles. The largest absolute Gasteiger partial charge is 0.300 e. The van der Waals surface area contributed by atoms with Crippen LogP contribution in [-0.4, -0.2) is 53.8 Å². The predicted molar refractivity (Wildman–Crippen MR) is 123 cm³/mol. The van der Waals surface area contributed by atoms with Crippen LogP contribution in [0.15, 0.2) is 0 Å². The minimum Gasteiger partial charge on any atom is -0.300 e. The number of piperidine rings is 1. The smallest absolute Gasteiger partial charge is 0.138 e. The topological polar surface area (TPSA) is 23.6 Å². The summed E-state index contributed by atoms with van der Waals surface area (Å²) in [4.78, 5) is 18.0. The Labute approximate surface area is 185 Å². The molecule has 3 nitrogen and oxygen atoms in total. The van der Waals surface area contributed by atoms with Crippen LogP contribution in [0.2, 0.25) is 0 Å². The van der Waals surface area contributed by atoms with Crippen molar-refractivity contribution in [2.75, 3.05) is 26.2 Å². The number of Topliss-reactive ketones (excluding diaryl/α,β-unsaturated/α-hetero) is 1. The second-order valence-corrected chi connectivity index (χ2v) is 13.0.